The minimum Gasteiger partial charge on any atom is -0.496 e. The molecule has 152 valence electrons. The van der Waals surface area contributed by atoms with Gasteiger partial charge in [-0.3, -0.25) is 0 Å². The second-order valence-electron chi connectivity index (χ2n) is 7.70. The predicted octanol–water partition coefficient (Wildman–Crippen LogP) is 4.18. The number of aryl methyl sites for hydroxylation is 1. The summed E-state index contributed by atoms with van der Waals surface area (Å²) >= 11 is 0. The number of hydrogen-bond acceptors (Lipinski definition) is 3. The van der Waals surface area contributed by atoms with Gasteiger partial charge in [0.25, 0.3) is 0 Å². The lowest BCUT2D eigenvalue weighted by Gasteiger charge is -2.34. The van der Waals surface area contributed by atoms with Crippen LogP contribution in [0.2, 0.25) is 13.1 Å². The van der Waals surface area contributed by atoms with Crippen LogP contribution in [-0.4, -0.2) is 23.6 Å². The van der Waals surface area contributed by atoms with E-state index >= 15 is 0 Å². The summed E-state index contributed by atoms with van der Waals surface area (Å²) < 4.78 is 35.1. The minimum atomic E-state index is -3.71. The summed E-state index contributed by atoms with van der Waals surface area (Å²) in [5.74, 6) is 0.681. The summed E-state index contributed by atoms with van der Waals surface area (Å²) in [6, 6.07) is 24.7. The van der Waals surface area contributed by atoms with Crippen molar-refractivity contribution in [1.29, 1.82) is 0 Å². The highest BCUT2D eigenvalue weighted by Gasteiger charge is 2.39. The van der Waals surface area contributed by atoms with Crippen LogP contribution < -0.4 is 14.6 Å². The fourth-order valence-electron chi connectivity index (χ4n) is 3.48. The van der Waals surface area contributed by atoms with E-state index in [0.29, 0.717) is 5.75 Å². The lowest BCUT2D eigenvalue weighted by Crippen LogP contribution is -2.54. The Bertz CT molecular complexity index is 1060. The van der Waals surface area contributed by atoms with Crippen molar-refractivity contribution in [2.24, 2.45) is 0 Å². The Kier molecular flexibility index (Phi) is 6.26. The molecule has 0 bridgehead atoms. The summed E-state index contributed by atoms with van der Waals surface area (Å²) in [5, 5.41) is 1.17. The van der Waals surface area contributed by atoms with Crippen molar-refractivity contribution in [3.05, 3.63) is 90.0 Å². The fraction of sp³-hybridized carbons (Fsp3) is 0.217. The number of methoxy groups -OCH3 is 1. The summed E-state index contributed by atoms with van der Waals surface area (Å²) in [4.78, 5) is 0.265. The number of ether oxygens (including phenoxy) is 1. The molecule has 1 unspecified atom stereocenters. The van der Waals surface area contributed by atoms with E-state index in [0.717, 1.165) is 11.1 Å². The molecule has 0 heterocycles. The van der Waals surface area contributed by atoms with Gasteiger partial charge in [-0.2, -0.15) is 0 Å². The molecule has 1 atom stereocenters. The third-order valence-electron chi connectivity index (χ3n) is 5.29. The van der Waals surface area contributed by atoms with Gasteiger partial charge in [-0.25, -0.2) is 13.1 Å². The molecular weight excluding hydrogens is 398 g/mol. The number of sulfonamides is 1. The van der Waals surface area contributed by atoms with Crippen LogP contribution in [0.4, 0.5) is 0 Å². The molecule has 0 aliphatic rings. The van der Waals surface area contributed by atoms with Crippen molar-refractivity contribution in [3.63, 3.8) is 0 Å². The lowest BCUT2D eigenvalue weighted by atomic mass is 10.2. The standard InChI is InChI=1S/C23H27NO3SSi/c1-18-14-16-19(17-15-18)28(25,26)24-23(21-12-8-9-13-22(21)27-2)29(3,4)20-10-6-5-7-11-20/h5-17,23-24H,1-4H3. The van der Waals surface area contributed by atoms with Crippen LogP contribution in [0.15, 0.2) is 83.8 Å². The van der Waals surface area contributed by atoms with Crippen LogP contribution in [0.3, 0.4) is 0 Å². The molecule has 6 heteroatoms. The maximum atomic E-state index is 13.3. The molecule has 29 heavy (non-hydrogen) atoms. The highest BCUT2D eigenvalue weighted by Crippen LogP contribution is 2.33. The van der Waals surface area contributed by atoms with Gasteiger partial charge in [0.2, 0.25) is 10.0 Å². The minimum absolute atomic E-state index is 0.265. The van der Waals surface area contributed by atoms with Crippen LogP contribution in [0.1, 0.15) is 16.8 Å². The van der Waals surface area contributed by atoms with E-state index in [1.165, 1.54) is 5.19 Å². The molecule has 0 amide bonds. The van der Waals surface area contributed by atoms with E-state index in [1.807, 2.05) is 61.5 Å². The Hall–Kier alpha value is -2.41. The third kappa shape index (κ3) is 4.61. The molecule has 0 aliphatic carbocycles. The van der Waals surface area contributed by atoms with E-state index in [-0.39, 0.29) is 4.90 Å². The van der Waals surface area contributed by atoms with Crippen LogP contribution in [-0.2, 0) is 10.0 Å². The molecule has 0 saturated heterocycles. The first-order chi connectivity index (χ1) is 13.8. The normalized spacial score (nSPS) is 13.1. The molecule has 0 aromatic heterocycles. The number of nitrogens with one attached hydrogen (secondary N) is 1. The summed E-state index contributed by atoms with van der Waals surface area (Å²) in [7, 11) is -4.42. The number of benzene rings is 3. The monoisotopic (exact) mass is 425 g/mol. The molecule has 4 nitrogen and oxygen atoms in total. The Morgan fingerprint density at radius 2 is 1.45 bits per heavy atom. The first kappa shape index (κ1) is 21.3. The maximum Gasteiger partial charge on any atom is 0.240 e. The SMILES string of the molecule is COc1ccccc1C(NS(=O)(=O)c1ccc(C)cc1)[Si](C)(C)c1ccccc1. The van der Waals surface area contributed by atoms with Gasteiger partial charge in [0.15, 0.2) is 0 Å². The van der Waals surface area contributed by atoms with Crippen LogP contribution in [0.5, 0.6) is 5.75 Å². The summed E-state index contributed by atoms with van der Waals surface area (Å²) in [5.41, 5.74) is 1.47. The quantitative estimate of drug-likeness (QED) is 0.578. The van der Waals surface area contributed by atoms with E-state index in [2.05, 4.69) is 29.9 Å². The second kappa shape index (κ2) is 8.53. The molecule has 0 fully saturated rings. The predicted molar refractivity (Wildman–Crippen MR) is 121 cm³/mol. The van der Waals surface area contributed by atoms with Gasteiger partial charge in [0.1, 0.15) is 13.8 Å². The van der Waals surface area contributed by atoms with E-state index in [9.17, 15) is 8.42 Å². The van der Waals surface area contributed by atoms with Gasteiger partial charge in [-0.05, 0) is 25.1 Å². The molecular formula is C23H27NO3SSi. The number of para-hydroxylation sites is 1. The molecule has 3 aromatic carbocycles. The third-order valence-corrected chi connectivity index (χ3v) is 10.7. The van der Waals surface area contributed by atoms with Crippen molar-refractivity contribution in [1.82, 2.24) is 4.72 Å². The van der Waals surface area contributed by atoms with Gasteiger partial charge in [0, 0.05) is 11.2 Å². The lowest BCUT2D eigenvalue weighted by molar-refractivity contribution is 0.408. The molecule has 1 N–H and O–H groups in total. The van der Waals surface area contributed by atoms with Crippen LogP contribution >= 0.6 is 0 Å². The fourth-order valence-corrected chi connectivity index (χ4v) is 8.59. The van der Waals surface area contributed by atoms with Gasteiger partial charge in [-0.1, -0.05) is 84.5 Å². The first-order valence-corrected chi connectivity index (χ1v) is 14.1. The average molecular weight is 426 g/mol. The average Bonchev–Trinajstić information content (AvgIpc) is 2.73. The Labute approximate surface area is 174 Å². The summed E-state index contributed by atoms with van der Waals surface area (Å²) in [6.45, 7) is 6.29. The van der Waals surface area contributed by atoms with E-state index < -0.39 is 23.8 Å². The van der Waals surface area contributed by atoms with E-state index in [1.54, 1.807) is 19.2 Å². The molecule has 0 radical (unpaired) electrons. The van der Waals surface area contributed by atoms with Gasteiger partial charge in [-0.15, -0.1) is 0 Å². The van der Waals surface area contributed by atoms with Crippen LogP contribution in [0.25, 0.3) is 0 Å². The Morgan fingerprint density at radius 1 is 0.862 bits per heavy atom. The largest absolute Gasteiger partial charge is 0.496 e. The zero-order valence-electron chi connectivity index (χ0n) is 17.2. The van der Waals surface area contributed by atoms with E-state index in [4.69, 9.17) is 4.74 Å². The molecule has 0 spiro atoms. The summed E-state index contributed by atoms with van der Waals surface area (Å²) in [6.07, 6.45) is 0. The topological polar surface area (TPSA) is 55.4 Å². The Morgan fingerprint density at radius 3 is 2.07 bits per heavy atom. The highest BCUT2D eigenvalue weighted by atomic mass is 32.2. The highest BCUT2D eigenvalue weighted by molar-refractivity contribution is 7.89. The molecule has 0 aliphatic heterocycles. The van der Waals surface area contributed by atoms with Crippen molar-refractivity contribution in [3.8, 4) is 5.75 Å². The van der Waals surface area contributed by atoms with Crippen molar-refractivity contribution in [2.75, 3.05) is 7.11 Å². The Balaban J connectivity index is 2.12. The molecule has 3 rings (SSSR count). The zero-order chi connectivity index (χ0) is 21.1. The van der Waals surface area contributed by atoms with Crippen molar-refractivity contribution >= 4 is 23.3 Å². The van der Waals surface area contributed by atoms with Gasteiger partial charge >= 0.3 is 0 Å². The first-order valence-electron chi connectivity index (χ1n) is 9.53. The van der Waals surface area contributed by atoms with Crippen LogP contribution in [0, 0.1) is 6.92 Å². The van der Waals surface area contributed by atoms with Crippen molar-refractivity contribution in [2.45, 2.75) is 30.6 Å². The molecule has 3 aromatic rings. The van der Waals surface area contributed by atoms with Gasteiger partial charge < -0.3 is 4.74 Å². The zero-order valence-corrected chi connectivity index (χ0v) is 19.0. The van der Waals surface area contributed by atoms with Crippen molar-refractivity contribution < 1.29 is 13.2 Å². The number of rotatable bonds is 7. The molecule has 0 saturated carbocycles. The smallest absolute Gasteiger partial charge is 0.240 e. The second-order valence-corrected chi connectivity index (χ2v) is 14.0. The van der Waals surface area contributed by atoms with Gasteiger partial charge in [0.05, 0.1) is 12.0 Å². The number of hydrogen-bond donors (Lipinski definition) is 1. The maximum absolute atomic E-state index is 13.3.